The molecule has 0 atom stereocenters. The predicted octanol–water partition coefficient (Wildman–Crippen LogP) is 2.68. The van der Waals surface area contributed by atoms with Crippen LogP contribution in [-0.2, 0) is 12.7 Å². The zero-order valence-corrected chi connectivity index (χ0v) is 9.87. The minimum atomic E-state index is -4.76. The van der Waals surface area contributed by atoms with E-state index in [2.05, 4.69) is 0 Å². The highest BCUT2D eigenvalue weighted by Crippen LogP contribution is 2.38. The van der Waals surface area contributed by atoms with Crippen LogP contribution in [0.25, 0.3) is 0 Å². The summed E-state index contributed by atoms with van der Waals surface area (Å²) >= 11 is 1.66. The van der Waals surface area contributed by atoms with Gasteiger partial charge in [-0.2, -0.15) is 13.2 Å². The molecule has 0 spiro atoms. The van der Waals surface area contributed by atoms with Crippen LogP contribution in [0.15, 0.2) is 12.1 Å². The van der Waals surface area contributed by atoms with Crippen molar-refractivity contribution in [3.05, 3.63) is 36.9 Å². The first kappa shape index (κ1) is 13.2. The molecule has 4 nitrogen and oxygen atoms in total. The molecule has 88 valence electrons. The van der Waals surface area contributed by atoms with Crippen LogP contribution in [0.3, 0.4) is 0 Å². The summed E-state index contributed by atoms with van der Waals surface area (Å²) < 4.78 is 37.9. The lowest BCUT2D eigenvalue weighted by atomic mass is 10.1. The van der Waals surface area contributed by atoms with Gasteiger partial charge < -0.3 is 5.73 Å². The van der Waals surface area contributed by atoms with E-state index < -0.39 is 22.4 Å². The second-order valence-electron chi connectivity index (χ2n) is 2.92. The lowest BCUT2D eigenvalue weighted by Gasteiger charge is -2.10. The molecule has 1 aromatic rings. The molecule has 0 fully saturated rings. The summed E-state index contributed by atoms with van der Waals surface area (Å²) in [6.45, 7) is -0.309. The van der Waals surface area contributed by atoms with Gasteiger partial charge in [-0.15, -0.1) is 0 Å². The quantitative estimate of drug-likeness (QED) is 0.509. The van der Waals surface area contributed by atoms with Crippen LogP contribution >= 0.6 is 22.6 Å². The average Bonchev–Trinajstić information content (AvgIpc) is 2.14. The highest BCUT2D eigenvalue weighted by Gasteiger charge is 2.39. The van der Waals surface area contributed by atoms with Crippen molar-refractivity contribution in [3.8, 4) is 0 Å². The fourth-order valence-electron chi connectivity index (χ4n) is 1.24. The molecule has 0 saturated carbocycles. The summed E-state index contributed by atoms with van der Waals surface area (Å²) in [6.07, 6.45) is -4.76. The zero-order valence-electron chi connectivity index (χ0n) is 7.71. The molecule has 1 rings (SSSR count). The number of nitrogens with zero attached hydrogens (tertiary/aromatic N) is 1. The van der Waals surface area contributed by atoms with E-state index in [1.165, 1.54) is 6.07 Å². The Labute approximate surface area is 102 Å². The number of hydrogen-bond donors (Lipinski definition) is 1. The van der Waals surface area contributed by atoms with Crippen molar-refractivity contribution in [1.29, 1.82) is 0 Å². The van der Waals surface area contributed by atoms with E-state index in [0.717, 1.165) is 6.07 Å². The average molecular weight is 346 g/mol. The number of nitro benzene ring substituents is 1. The minimum Gasteiger partial charge on any atom is -0.326 e. The van der Waals surface area contributed by atoms with Crippen LogP contribution in [0.1, 0.15) is 11.1 Å². The Bertz CT molecular complexity index is 434. The molecule has 0 bridgehead atoms. The highest BCUT2D eigenvalue weighted by atomic mass is 127. The number of halogens is 4. The van der Waals surface area contributed by atoms with E-state index in [9.17, 15) is 23.3 Å². The van der Waals surface area contributed by atoms with Crippen LogP contribution in [-0.4, -0.2) is 4.92 Å². The topological polar surface area (TPSA) is 69.2 Å². The van der Waals surface area contributed by atoms with Gasteiger partial charge in [0.25, 0.3) is 5.69 Å². The van der Waals surface area contributed by atoms with Gasteiger partial charge in [-0.1, -0.05) is 0 Å². The molecule has 0 aliphatic heterocycles. The fraction of sp³-hybridized carbons (Fsp3) is 0.250. The molecule has 0 heterocycles. The minimum absolute atomic E-state index is 0.121. The van der Waals surface area contributed by atoms with Gasteiger partial charge in [-0.3, -0.25) is 10.1 Å². The first-order valence-electron chi connectivity index (χ1n) is 4.01. The van der Waals surface area contributed by atoms with Gasteiger partial charge in [0.05, 0.1) is 4.92 Å². The Morgan fingerprint density at radius 1 is 1.44 bits per heavy atom. The number of nitrogens with two attached hydrogens (primary N) is 1. The second-order valence-corrected chi connectivity index (χ2v) is 4.17. The summed E-state index contributed by atoms with van der Waals surface area (Å²) in [5.74, 6) is 0. The third kappa shape index (κ3) is 2.61. The van der Waals surface area contributed by atoms with E-state index in [4.69, 9.17) is 5.73 Å². The fourth-order valence-corrected chi connectivity index (χ4v) is 1.93. The van der Waals surface area contributed by atoms with Gasteiger partial charge in [-0.25, -0.2) is 0 Å². The molecule has 0 aliphatic rings. The van der Waals surface area contributed by atoms with Gasteiger partial charge in [0, 0.05) is 15.7 Å². The van der Waals surface area contributed by atoms with Gasteiger partial charge in [0.1, 0.15) is 5.56 Å². The Morgan fingerprint density at radius 2 is 2.00 bits per heavy atom. The third-order valence-corrected chi connectivity index (χ3v) is 2.48. The van der Waals surface area contributed by atoms with Gasteiger partial charge in [0.2, 0.25) is 0 Å². The van der Waals surface area contributed by atoms with E-state index in [0.29, 0.717) is 0 Å². The summed E-state index contributed by atoms with van der Waals surface area (Å²) in [4.78, 5) is 9.55. The molecule has 0 saturated heterocycles. The number of hydrogen-bond acceptors (Lipinski definition) is 3. The zero-order chi connectivity index (χ0) is 12.5. The predicted molar refractivity (Wildman–Crippen MR) is 58.7 cm³/mol. The number of benzene rings is 1. The largest absolute Gasteiger partial charge is 0.423 e. The van der Waals surface area contributed by atoms with E-state index in [1.54, 1.807) is 22.6 Å². The van der Waals surface area contributed by atoms with Crippen molar-refractivity contribution in [3.63, 3.8) is 0 Å². The Kier molecular flexibility index (Phi) is 3.73. The van der Waals surface area contributed by atoms with Crippen molar-refractivity contribution >= 4 is 28.3 Å². The molecule has 0 aliphatic carbocycles. The highest BCUT2D eigenvalue weighted by molar-refractivity contribution is 14.1. The summed E-state index contributed by atoms with van der Waals surface area (Å²) in [5, 5.41) is 10.6. The molecular weight excluding hydrogens is 340 g/mol. The molecule has 0 unspecified atom stereocenters. The molecule has 1 aromatic carbocycles. The van der Waals surface area contributed by atoms with Gasteiger partial charge in [-0.05, 0) is 34.7 Å². The van der Waals surface area contributed by atoms with Crippen LogP contribution < -0.4 is 5.73 Å². The number of nitro groups is 1. The van der Waals surface area contributed by atoms with Crippen molar-refractivity contribution in [2.45, 2.75) is 12.7 Å². The summed E-state index contributed by atoms with van der Waals surface area (Å²) in [6, 6.07) is 2.01. The van der Waals surface area contributed by atoms with Crippen LogP contribution in [0.4, 0.5) is 18.9 Å². The normalized spacial score (nSPS) is 11.6. The lowest BCUT2D eigenvalue weighted by molar-refractivity contribution is -0.388. The number of alkyl halides is 3. The van der Waals surface area contributed by atoms with E-state index >= 15 is 0 Å². The molecule has 0 radical (unpaired) electrons. The molecule has 8 heteroatoms. The molecular formula is C8H6F3IN2O2. The molecule has 16 heavy (non-hydrogen) atoms. The maximum atomic E-state index is 12.6. The van der Waals surface area contributed by atoms with Gasteiger partial charge in [0.15, 0.2) is 0 Å². The van der Waals surface area contributed by atoms with Gasteiger partial charge >= 0.3 is 6.18 Å². The third-order valence-electron chi connectivity index (χ3n) is 1.86. The smallest absolute Gasteiger partial charge is 0.326 e. The van der Waals surface area contributed by atoms with Crippen LogP contribution in [0.5, 0.6) is 0 Å². The first-order valence-corrected chi connectivity index (χ1v) is 5.09. The molecule has 0 amide bonds. The maximum absolute atomic E-state index is 12.6. The van der Waals surface area contributed by atoms with Crippen LogP contribution in [0.2, 0.25) is 0 Å². The monoisotopic (exact) mass is 346 g/mol. The molecule has 0 aromatic heterocycles. The summed E-state index contributed by atoms with van der Waals surface area (Å²) in [5.41, 5.74) is 2.85. The van der Waals surface area contributed by atoms with Crippen LogP contribution in [0, 0.1) is 13.7 Å². The standard InChI is InChI=1S/C8H6F3IN2O2/c9-8(10,11)6-2-5(12)1-4(3-13)7(6)14(15)16/h1-2H,3,13H2. The lowest BCUT2D eigenvalue weighted by Crippen LogP contribution is -2.13. The Hall–Kier alpha value is -0.900. The Morgan fingerprint density at radius 3 is 2.38 bits per heavy atom. The van der Waals surface area contributed by atoms with Crippen molar-refractivity contribution in [1.82, 2.24) is 0 Å². The van der Waals surface area contributed by atoms with Crippen molar-refractivity contribution in [2.24, 2.45) is 5.73 Å². The maximum Gasteiger partial charge on any atom is 0.423 e. The van der Waals surface area contributed by atoms with Crippen molar-refractivity contribution < 1.29 is 18.1 Å². The first-order chi connectivity index (χ1) is 7.27. The second kappa shape index (κ2) is 4.53. The van der Waals surface area contributed by atoms with Crippen molar-refractivity contribution in [2.75, 3.05) is 0 Å². The summed E-state index contributed by atoms with van der Waals surface area (Å²) in [7, 11) is 0. The van der Waals surface area contributed by atoms with E-state index in [1.807, 2.05) is 0 Å². The molecule has 2 N–H and O–H groups in total. The Balaban J connectivity index is 3.57. The SMILES string of the molecule is NCc1cc(I)cc(C(F)(F)F)c1[N+](=O)[O-]. The van der Waals surface area contributed by atoms with E-state index in [-0.39, 0.29) is 15.7 Å². The number of rotatable bonds is 2.